The van der Waals surface area contributed by atoms with E-state index < -0.39 is 0 Å². The molecule has 0 radical (unpaired) electrons. The second-order valence-corrected chi connectivity index (χ2v) is 6.87. The Bertz CT molecular complexity index is 757. The molecule has 2 heterocycles. The van der Waals surface area contributed by atoms with E-state index in [2.05, 4.69) is 29.4 Å². The van der Waals surface area contributed by atoms with E-state index in [1.807, 2.05) is 24.8 Å². The third kappa shape index (κ3) is 4.06. The number of amides is 1. The number of carbonyl (C=O) groups is 1. The van der Waals surface area contributed by atoms with Gasteiger partial charge in [-0.1, -0.05) is 22.4 Å². The van der Waals surface area contributed by atoms with E-state index in [9.17, 15) is 4.79 Å². The van der Waals surface area contributed by atoms with Gasteiger partial charge < -0.3 is 9.64 Å². The van der Waals surface area contributed by atoms with Crippen LogP contribution in [0.4, 0.5) is 0 Å². The first-order valence-corrected chi connectivity index (χ1v) is 9.41. The number of ether oxygens (including phenoxy) is 1. The summed E-state index contributed by atoms with van der Waals surface area (Å²) in [6.45, 7) is 7.38. The number of rotatable bonds is 7. The van der Waals surface area contributed by atoms with E-state index in [4.69, 9.17) is 9.37 Å². The predicted molar refractivity (Wildman–Crippen MR) is 98.0 cm³/mol. The smallest absolute Gasteiger partial charge is 0.223 e. The van der Waals surface area contributed by atoms with E-state index >= 15 is 0 Å². The van der Waals surface area contributed by atoms with Crippen LogP contribution >= 0.6 is 0 Å². The van der Waals surface area contributed by atoms with Crippen molar-refractivity contribution in [1.29, 1.82) is 0 Å². The lowest BCUT2D eigenvalue weighted by atomic mass is 10.0. The Kier molecular flexibility index (Phi) is 5.91. The molecule has 6 nitrogen and oxygen atoms in total. The molecule has 1 aromatic heterocycles. The standard InChI is InChI=1S/C20H27N3O3/c1-4-25-18-11-10-16(13-14(18)2)7-5-9-19(24)23-12-6-8-17(23)20-15(3)21-26-22-20/h10-11,13,17H,4-9,12H2,1-3H3. The molecule has 1 amide bonds. The van der Waals surface area contributed by atoms with Crippen LogP contribution in [-0.2, 0) is 11.2 Å². The summed E-state index contributed by atoms with van der Waals surface area (Å²) < 4.78 is 10.4. The van der Waals surface area contributed by atoms with E-state index in [0.29, 0.717) is 13.0 Å². The first kappa shape index (κ1) is 18.4. The third-order valence-electron chi connectivity index (χ3n) is 4.97. The highest BCUT2D eigenvalue weighted by atomic mass is 16.6. The predicted octanol–water partition coefficient (Wildman–Crippen LogP) is 3.77. The minimum Gasteiger partial charge on any atom is -0.494 e. The summed E-state index contributed by atoms with van der Waals surface area (Å²) in [5.74, 6) is 1.13. The van der Waals surface area contributed by atoms with Gasteiger partial charge in [0.2, 0.25) is 5.91 Å². The summed E-state index contributed by atoms with van der Waals surface area (Å²) in [4.78, 5) is 14.6. The Morgan fingerprint density at radius 1 is 1.35 bits per heavy atom. The topological polar surface area (TPSA) is 68.5 Å². The van der Waals surface area contributed by atoms with Crippen LogP contribution in [-0.4, -0.2) is 34.3 Å². The zero-order valence-corrected chi connectivity index (χ0v) is 15.8. The molecule has 2 aromatic rings. The Hall–Kier alpha value is -2.37. The lowest BCUT2D eigenvalue weighted by molar-refractivity contribution is -0.132. The molecular weight excluding hydrogens is 330 g/mol. The lowest BCUT2D eigenvalue weighted by Crippen LogP contribution is -2.30. The van der Waals surface area contributed by atoms with Crippen molar-refractivity contribution in [3.63, 3.8) is 0 Å². The molecule has 0 bridgehead atoms. The molecule has 3 rings (SSSR count). The number of aromatic nitrogens is 2. The van der Waals surface area contributed by atoms with Crippen LogP contribution in [0.5, 0.6) is 5.75 Å². The van der Waals surface area contributed by atoms with Gasteiger partial charge >= 0.3 is 0 Å². The van der Waals surface area contributed by atoms with Crippen LogP contribution in [0.1, 0.15) is 61.2 Å². The van der Waals surface area contributed by atoms with E-state index in [-0.39, 0.29) is 11.9 Å². The highest BCUT2D eigenvalue weighted by Gasteiger charge is 2.33. The van der Waals surface area contributed by atoms with Crippen LogP contribution in [0.2, 0.25) is 0 Å². The summed E-state index contributed by atoms with van der Waals surface area (Å²) in [5, 5.41) is 7.85. The van der Waals surface area contributed by atoms with Crippen molar-refractivity contribution in [3.05, 3.63) is 40.7 Å². The number of nitrogens with zero attached hydrogens (tertiary/aromatic N) is 3. The second kappa shape index (κ2) is 8.34. The molecule has 26 heavy (non-hydrogen) atoms. The van der Waals surface area contributed by atoms with Crippen LogP contribution in [0.3, 0.4) is 0 Å². The van der Waals surface area contributed by atoms with Gasteiger partial charge in [0.15, 0.2) is 0 Å². The van der Waals surface area contributed by atoms with Gasteiger partial charge in [0, 0.05) is 13.0 Å². The Morgan fingerprint density at radius 3 is 2.88 bits per heavy atom. The van der Waals surface area contributed by atoms with Crippen molar-refractivity contribution in [1.82, 2.24) is 15.2 Å². The highest BCUT2D eigenvalue weighted by Crippen LogP contribution is 2.32. The fourth-order valence-electron chi connectivity index (χ4n) is 3.66. The maximum Gasteiger partial charge on any atom is 0.223 e. The maximum absolute atomic E-state index is 12.7. The molecule has 1 aliphatic rings. The number of benzene rings is 1. The molecule has 1 aliphatic heterocycles. The van der Waals surface area contributed by atoms with Gasteiger partial charge in [-0.05, 0) is 63.6 Å². The number of aryl methyl sites for hydroxylation is 3. The Morgan fingerprint density at radius 2 is 2.19 bits per heavy atom. The monoisotopic (exact) mass is 357 g/mol. The largest absolute Gasteiger partial charge is 0.494 e. The summed E-state index contributed by atoms with van der Waals surface area (Å²) in [5.41, 5.74) is 3.97. The minimum atomic E-state index is 0.0153. The van der Waals surface area contributed by atoms with Crippen molar-refractivity contribution < 1.29 is 14.2 Å². The van der Waals surface area contributed by atoms with Crippen molar-refractivity contribution >= 4 is 5.91 Å². The second-order valence-electron chi connectivity index (χ2n) is 6.87. The number of carbonyl (C=O) groups excluding carboxylic acids is 1. The van der Waals surface area contributed by atoms with Crippen LogP contribution in [0, 0.1) is 13.8 Å². The van der Waals surface area contributed by atoms with Crippen molar-refractivity contribution in [2.45, 2.75) is 58.9 Å². The fourth-order valence-corrected chi connectivity index (χ4v) is 3.66. The molecule has 1 aromatic carbocycles. The quantitative estimate of drug-likeness (QED) is 0.754. The van der Waals surface area contributed by atoms with Gasteiger partial charge in [-0.3, -0.25) is 4.79 Å². The summed E-state index contributed by atoms with van der Waals surface area (Å²) in [6.07, 6.45) is 4.21. The van der Waals surface area contributed by atoms with Crippen molar-refractivity contribution in [2.24, 2.45) is 0 Å². The molecule has 0 saturated carbocycles. The minimum absolute atomic E-state index is 0.0153. The summed E-state index contributed by atoms with van der Waals surface area (Å²) >= 11 is 0. The van der Waals surface area contributed by atoms with E-state index in [0.717, 1.165) is 54.9 Å². The van der Waals surface area contributed by atoms with Crippen molar-refractivity contribution in [3.8, 4) is 5.75 Å². The SMILES string of the molecule is CCOc1ccc(CCCC(=O)N2CCCC2c2nonc2C)cc1C. The zero-order chi connectivity index (χ0) is 18.5. The van der Waals surface area contributed by atoms with Gasteiger partial charge in [-0.25, -0.2) is 4.63 Å². The van der Waals surface area contributed by atoms with Gasteiger partial charge in [-0.2, -0.15) is 0 Å². The van der Waals surface area contributed by atoms with Crippen LogP contribution < -0.4 is 4.74 Å². The van der Waals surface area contributed by atoms with Gasteiger partial charge in [0.05, 0.1) is 12.6 Å². The van der Waals surface area contributed by atoms with E-state index in [1.54, 1.807) is 0 Å². The number of likely N-dealkylation sites (tertiary alicyclic amines) is 1. The molecule has 1 fully saturated rings. The molecule has 0 N–H and O–H groups in total. The van der Waals surface area contributed by atoms with Gasteiger partial charge in [0.1, 0.15) is 17.1 Å². The van der Waals surface area contributed by atoms with E-state index in [1.165, 1.54) is 5.56 Å². The maximum atomic E-state index is 12.7. The Labute approximate surface area is 154 Å². The summed E-state index contributed by atoms with van der Waals surface area (Å²) in [7, 11) is 0. The third-order valence-corrected chi connectivity index (χ3v) is 4.97. The summed E-state index contributed by atoms with van der Waals surface area (Å²) in [6, 6.07) is 6.28. The first-order valence-electron chi connectivity index (χ1n) is 9.41. The Balaban J connectivity index is 1.54. The molecule has 1 atom stereocenters. The number of hydrogen-bond donors (Lipinski definition) is 0. The van der Waals surface area contributed by atoms with Crippen LogP contribution in [0.15, 0.2) is 22.8 Å². The average molecular weight is 357 g/mol. The van der Waals surface area contributed by atoms with Crippen molar-refractivity contribution in [2.75, 3.05) is 13.2 Å². The molecule has 6 heteroatoms. The molecule has 0 spiro atoms. The van der Waals surface area contributed by atoms with Gasteiger partial charge in [-0.15, -0.1) is 0 Å². The lowest BCUT2D eigenvalue weighted by Gasteiger charge is -2.23. The van der Waals surface area contributed by atoms with Crippen LogP contribution in [0.25, 0.3) is 0 Å². The molecule has 140 valence electrons. The molecule has 1 saturated heterocycles. The number of hydrogen-bond acceptors (Lipinski definition) is 5. The average Bonchev–Trinajstić information content (AvgIpc) is 3.25. The first-order chi connectivity index (χ1) is 12.6. The molecular formula is C20H27N3O3. The fraction of sp³-hybridized carbons (Fsp3) is 0.550. The zero-order valence-electron chi connectivity index (χ0n) is 15.8. The normalized spacial score (nSPS) is 16.9. The van der Waals surface area contributed by atoms with Gasteiger partial charge in [0.25, 0.3) is 0 Å². The highest BCUT2D eigenvalue weighted by molar-refractivity contribution is 5.77. The molecule has 1 unspecified atom stereocenters. The molecule has 0 aliphatic carbocycles.